The van der Waals surface area contributed by atoms with Crippen LogP contribution in [0.25, 0.3) is 0 Å². The molecule has 6 heteroatoms. The molecule has 0 atom stereocenters. The molecule has 0 unspecified atom stereocenters. The summed E-state index contributed by atoms with van der Waals surface area (Å²) < 4.78 is 0. The van der Waals surface area contributed by atoms with Crippen LogP contribution in [0.15, 0.2) is 60.7 Å². The summed E-state index contributed by atoms with van der Waals surface area (Å²) in [4.78, 5) is 14.4. The van der Waals surface area contributed by atoms with Crippen molar-refractivity contribution >= 4 is 34.7 Å². The third kappa shape index (κ3) is 3.19. The molecule has 0 bridgehead atoms. The normalized spacial score (nSPS) is 12.8. The maximum absolute atomic E-state index is 12.3. The van der Waals surface area contributed by atoms with Gasteiger partial charge < -0.3 is 10.2 Å². The van der Waals surface area contributed by atoms with E-state index in [0.717, 1.165) is 24.5 Å². The summed E-state index contributed by atoms with van der Waals surface area (Å²) in [5, 5.41) is 11.6. The SMILES string of the molecule is O=C(Nc1cccc(Cl)c1)c1ccc(N2CCc3ccccc32)nn1. The smallest absolute Gasteiger partial charge is 0.276 e. The quantitative estimate of drug-likeness (QED) is 0.773. The van der Waals surface area contributed by atoms with Crippen molar-refractivity contribution in [3.63, 3.8) is 0 Å². The summed E-state index contributed by atoms with van der Waals surface area (Å²) in [6, 6.07) is 18.7. The van der Waals surface area contributed by atoms with Crippen LogP contribution in [0, 0.1) is 0 Å². The lowest BCUT2D eigenvalue weighted by Crippen LogP contribution is -2.18. The number of amides is 1. The van der Waals surface area contributed by atoms with Crippen LogP contribution in [0.5, 0.6) is 0 Å². The lowest BCUT2D eigenvalue weighted by molar-refractivity contribution is 0.102. The van der Waals surface area contributed by atoms with Crippen LogP contribution in [0.4, 0.5) is 17.2 Å². The molecule has 2 heterocycles. The Morgan fingerprint density at radius 2 is 1.92 bits per heavy atom. The van der Waals surface area contributed by atoms with Gasteiger partial charge in [-0.3, -0.25) is 4.79 Å². The van der Waals surface area contributed by atoms with E-state index in [1.165, 1.54) is 5.56 Å². The van der Waals surface area contributed by atoms with Gasteiger partial charge in [0.25, 0.3) is 5.91 Å². The highest BCUT2D eigenvalue weighted by atomic mass is 35.5. The molecule has 0 saturated heterocycles. The average Bonchev–Trinajstić information content (AvgIpc) is 3.06. The number of benzene rings is 2. The highest BCUT2D eigenvalue weighted by Gasteiger charge is 2.21. The van der Waals surface area contributed by atoms with Crippen molar-refractivity contribution < 1.29 is 4.79 Å². The van der Waals surface area contributed by atoms with Gasteiger partial charge in [0.2, 0.25) is 0 Å². The van der Waals surface area contributed by atoms with Crippen molar-refractivity contribution in [2.24, 2.45) is 0 Å². The standard InChI is InChI=1S/C19H15ClN4O/c20-14-5-3-6-15(12-14)21-19(25)16-8-9-18(23-22-16)24-11-10-13-4-1-2-7-17(13)24/h1-9,12H,10-11H2,(H,21,25). The van der Waals surface area contributed by atoms with Crippen LogP contribution < -0.4 is 10.2 Å². The van der Waals surface area contributed by atoms with Gasteiger partial charge in [-0.2, -0.15) is 0 Å². The van der Waals surface area contributed by atoms with Crippen LogP contribution in [-0.4, -0.2) is 22.6 Å². The van der Waals surface area contributed by atoms with E-state index in [2.05, 4.69) is 32.5 Å². The first-order chi connectivity index (χ1) is 12.2. The Morgan fingerprint density at radius 3 is 2.72 bits per heavy atom. The molecule has 5 nitrogen and oxygen atoms in total. The van der Waals surface area contributed by atoms with Crippen molar-refractivity contribution in [3.05, 3.63) is 76.9 Å². The number of carbonyl (C=O) groups excluding carboxylic acids is 1. The summed E-state index contributed by atoms with van der Waals surface area (Å²) in [6.07, 6.45) is 0.981. The second-order valence-corrected chi connectivity index (χ2v) is 6.21. The molecule has 1 amide bonds. The molecule has 0 fully saturated rings. The lowest BCUT2D eigenvalue weighted by Gasteiger charge is -2.17. The van der Waals surface area contributed by atoms with E-state index < -0.39 is 0 Å². The Balaban J connectivity index is 1.52. The minimum absolute atomic E-state index is 0.260. The maximum atomic E-state index is 12.3. The number of rotatable bonds is 3. The number of nitrogens with one attached hydrogen (secondary N) is 1. The third-order valence-corrected chi connectivity index (χ3v) is 4.36. The number of anilines is 3. The minimum Gasteiger partial charge on any atom is -0.324 e. The van der Waals surface area contributed by atoms with Crippen LogP contribution in [0.3, 0.4) is 0 Å². The number of carbonyl (C=O) groups is 1. The molecule has 2 aromatic carbocycles. The molecule has 25 heavy (non-hydrogen) atoms. The monoisotopic (exact) mass is 350 g/mol. The van der Waals surface area contributed by atoms with Crippen molar-refractivity contribution in [1.82, 2.24) is 10.2 Å². The summed E-state index contributed by atoms with van der Waals surface area (Å²) in [5.41, 5.74) is 3.33. The summed E-state index contributed by atoms with van der Waals surface area (Å²) in [6.45, 7) is 0.863. The summed E-state index contributed by atoms with van der Waals surface area (Å²) in [5.74, 6) is 0.424. The average molecular weight is 351 g/mol. The fraction of sp³-hybridized carbons (Fsp3) is 0.105. The molecule has 124 valence electrons. The van der Waals surface area contributed by atoms with Gasteiger partial charge in [-0.15, -0.1) is 10.2 Å². The molecule has 1 N–H and O–H groups in total. The zero-order chi connectivity index (χ0) is 17.2. The van der Waals surface area contributed by atoms with Crippen LogP contribution in [0.2, 0.25) is 5.02 Å². The van der Waals surface area contributed by atoms with Gasteiger partial charge in [0.1, 0.15) is 0 Å². The van der Waals surface area contributed by atoms with E-state index in [0.29, 0.717) is 10.7 Å². The zero-order valence-electron chi connectivity index (χ0n) is 13.3. The van der Waals surface area contributed by atoms with Crippen LogP contribution in [-0.2, 0) is 6.42 Å². The molecule has 0 spiro atoms. The van der Waals surface area contributed by atoms with Crippen molar-refractivity contribution in [1.29, 1.82) is 0 Å². The highest BCUT2D eigenvalue weighted by Crippen LogP contribution is 2.32. The number of aromatic nitrogens is 2. The van der Waals surface area contributed by atoms with Gasteiger partial charge in [0.05, 0.1) is 0 Å². The Morgan fingerprint density at radius 1 is 1.04 bits per heavy atom. The number of halogens is 1. The van der Waals surface area contributed by atoms with E-state index >= 15 is 0 Å². The second-order valence-electron chi connectivity index (χ2n) is 5.77. The molecule has 1 aliphatic heterocycles. The Hall–Kier alpha value is -2.92. The van der Waals surface area contributed by atoms with Gasteiger partial charge in [-0.1, -0.05) is 35.9 Å². The number of hydrogen-bond acceptors (Lipinski definition) is 4. The predicted molar refractivity (Wildman–Crippen MR) is 98.6 cm³/mol. The third-order valence-electron chi connectivity index (χ3n) is 4.13. The molecule has 0 saturated carbocycles. The number of nitrogens with zero attached hydrogens (tertiary/aromatic N) is 3. The van der Waals surface area contributed by atoms with Crippen LogP contribution in [0.1, 0.15) is 16.1 Å². The molecule has 4 rings (SSSR count). The fourth-order valence-electron chi connectivity index (χ4n) is 2.93. The first kappa shape index (κ1) is 15.6. The van der Waals surface area contributed by atoms with Gasteiger partial charge >= 0.3 is 0 Å². The van der Waals surface area contributed by atoms with Gasteiger partial charge in [0, 0.05) is 22.9 Å². The molecular weight excluding hydrogens is 336 g/mol. The molecule has 0 radical (unpaired) electrons. The lowest BCUT2D eigenvalue weighted by atomic mass is 10.2. The highest BCUT2D eigenvalue weighted by molar-refractivity contribution is 6.30. The van der Waals surface area contributed by atoms with Crippen molar-refractivity contribution in [2.75, 3.05) is 16.8 Å². The molecule has 0 aliphatic carbocycles. The van der Waals surface area contributed by atoms with E-state index in [1.807, 2.05) is 18.2 Å². The van der Waals surface area contributed by atoms with E-state index in [1.54, 1.807) is 30.3 Å². The second kappa shape index (κ2) is 6.53. The largest absolute Gasteiger partial charge is 0.324 e. The number of hydrogen-bond donors (Lipinski definition) is 1. The predicted octanol–water partition coefficient (Wildman–Crippen LogP) is 4.08. The molecular formula is C19H15ClN4O. The maximum Gasteiger partial charge on any atom is 0.276 e. The van der Waals surface area contributed by atoms with E-state index in [-0.39, 0.29) is 11.6 Å². The van der Waals surface area contributed by atoms with Crippen molar-refractivity contribution in [2.45, 2.75) is 6.42 Å². The number of para-hydroxylation sites is 1. The van der Waals surface area contributed by atoms with Gasteiger partial charge in [-0.05, 0) is 48.4 Å². The fourth-order valence-corrected chi connectivity index (χ4v) is 3.12. The Bertz CT molecular complexity index is 927. The zero-order valence-corrected chi connectivity index (χ0v) is 14.1. The summed E-state index contributed by atoms with van der Waals surface area (Å²) in [7, 11) is 0. The minimum atomic E-state index is -0.317. The molecule has 1 aliphatic rings. The first-order valence-electron chi connectivity index (χ1n) is 7.97. The van der Waals surface area contributed by atoms with Gasteiger partial charge in [0.15, 0.2) is 11.5 Å². The topological polar surface area (TPSA) is 58.1 Å². The van der Waals surface area contributed by atoms with Crippen molar-refractivity contribution in [3.8, 4) is 0 Å². The molecule has 1 aromatic heterocycles. The molecule has 3 aromatic rings. The van der Waals surface area contributed by atoms with Crippen LogP contribution >= 0.6 is 11.6 Å². The number of fused-ring (bicyclic) bond motifs is 1. The summed E-state index contributed by atoms with van der Waals surface area (Å²) >= 11 is 5.92. The Labute approximate surface area is 150 Å². The Kier molecular flexibility index (Phi) is 4.07. The first-order valence-corrected chi connectivity index (χ1v) is 8.34. The van der Waals surface area contributed by atoms with E-state index in [9.17, 15) is 4.79 Å². The van der Waals surface area contributed by atoms with Gasteiger partial charge in [-0.25, -0.2) is 0 Å². The van der Waals surface area contributed by atoms with E-state index in [4.69, 9.17) is 11.6 Å².